The molecule has 0 amide bonds. The van der Waals surface area contributed by atoms with Crippen molar-refractivity contribution in [2.24, 2.45) is 7.05 Å². The molecule has 0 saturated carbocycles. The Labute approximate surface area is 183 Å². The number of carbonyl (C=O) groups is 2. The number of hydrogen-bond donors (Lipinski definition) is 2. The molecule has 9 nitrogen and oxygen atoms in total. The molecule has 1 unspecified atom stereocenters. The average Bonchev–Trinajstić information content (AvgIpc) is 3.33. The van der Waals surface area contributed by atoms with E-state index in [-0.39, 0.29) is 6.04 Å². The third kappa shape index (κ3) is 8.76. The van der Waals surface area contributed by atoms with Crippen LogP contribution in [0.3, 0.4) is 0 Å². The number of carboxylic acid groups (broad SMARTS) is 2. The highest BCUT2D eigenvalue weighted by molar-refractivity contribution is 5.73. The normalized spacial score (nSPS) is 16.1. The Morgan fingerprint density at radius 2 is 1.73 bits per heavy atom. The van der Waals surface area contributed by atoms with E-state index >= 15 is 0 Å². The van der Waals surface area contributed by atoms with Gasteiger partial charge >= 0.3 is 24.3 Å². The van der Waals surface area contributed by atoms with Gasteiger partial charge in [0.1, 0.15) is 5.76 Å². The van der Waals surface area contributed by atoms with Crippen molar-refractivity contribution in [3.05, 3.63) is 41.6 Å². The summed E-state index contributed by atoms with van der Waals surface area (Å²) in [6.07, 6.45) is -5.44. The lowest BCUT2D eigenvalue weighted by Crippen LogP contribution is -2.38. The second kappa shape index (κ2) is 11.7. The molecule has 3 rings (SSSR count). The van der Waals surface area contributed by atoms with Gasteiger partial charge < -0.3 is 19.4 Å². The summed E-state index contributed by atoms with van der Waals surface area (Å²) in [5.41, 5.74) is 2.60. The van der Waals surface area contributed by atoms with Crippen LogP contribution in [-0.2, 0) is 34.3 Å². The highest BCUT2D eigenvalue weighted by Gasteiger charge is 2.39. The molecule has 0 bridgehead atoms. The number of alkyl halides is 6. The van der Waals surface area contributed by atoms with E-state index in [9.17, 15) is 26.3 Å². The molecular formula is C18H21F6N3O6. The summed E-state index contributed by atoms with van der Waals surface area (Å²) in [4.78, 5) is 20.2. The number of rotatable bonds is 4. The monoisotopic (exact) mass is 489 g/mol. The lowest BCUT2D eigenvalue weighted by molar-refractivity contribution is -0.193. The number of hydrogen-bond acceptors (Lipinski definition) is 6. The van der Waals surface area contributed by atoms with Crippen LogP contribution in [-0.4, -0.2) is 69.4 Å². The first-order valence-electron chi connectivity index (χ1n) is 9.04. The minimum absolute atomic E-state index is 0.242. The Hall–Kier alpha value is -3.07. The van der Waals surface area contributed by atoms with E-state index in [2.05, 4.69) is 10.00 Å². The van der Waals surface area contributed by atoms with Gasteiger partial charge in [-0.2, -0.15) is 31.4 Å². The predicted octanol–water partition coefficient (Wildman–Crippen LogP) is 3.03. The van der Waals surface area contributed by atoms with Gasteiger partial charge in [0, 0.05) is 20.7 Å². The molecule has 2 aromatic heterocycles. The zero-order chi connectivity index (χ0) is 25.4. The van der Waals surface area contributed by atoms with E-state index in [1.807, 2.05) is 30.1 Å². The van der Waals surface area contributed by atoms with Crippen molar-refractivity contribution < 1.29 is 55.3 Å². The molecule has 0 saturated heterocycles. The van der Waals surface area contributed by atoms with E-state index in [0.717, 1.165) is 25.3 Å². The van der Waals surface area contributed by atoms with Crippen LogP contribution in [0.4, 0.5) is 26.3 Å². The van der Waals surface area contributed by atoms with Crippen LogP contribution < -0.4 is 0 Å². The molecule has 0 aliphatic carbocycles. The molecule has 0 aromatic carbocycles. The molecule has 2 N–H and O–H groups in total. The summed E-state index contributed by atoms with van der Waals surface area (Å²) in [7, 11) is 3.74. The Kier molecular flexibility index (Phi) is 9.91. The molecule has 33 heavy (non-hydrogen) atoms. The minimum atomic E-state index is -5.08. The number of carboxylic acids is 2. The lowest BCUT2D eigenvalue weighted by atomic mass is 10.00. The second-order valence-electron chi connectivity index (χ2n) is 6.56. The predicted molar refractivity (Wildman–Crippen MR) is 98.0 cm³/mol. The molecule has 0 spiro atoms. The zero-order valence-electron chi connectivity index (χ0n) is 17.4. The fraction of sp³-hybridized carbons (Fsp3) is 0.500. The van der Waals surface area contributed by atoms with E-state index in [1.54, 1.807) is 13.4 Å². The summed E-state index contributed by atoms with van der Waals surface area (Å²) in [6.45, 7) is 2.49. The van der Waals surface area contributed by atoms with Crippen molar-refractivity contribution in [2.75, 3.05) is 20.3 Å². The molecule has 186 valence electrons. The molecule has 1 atom stereocenters. The van der Waals surface area contributed by atoms with Crippen LogP contribution >= 0.6 is 0 Å². The van der Waals surface area contributed by atoms with E-state index in [4.69, 9.17) is 29.0 Å². The quantitative estimate of drug-likeness (QED) is 0.630. The van der Waals surface area contributed by atoms with Gasteiger partial charge in [-0.25, -0.2) is 9.59 Å². The number of ether oxygens (including phenoxy) is 1. The van der Waals surface area contributed by atoms with Gasteiger partial charge in [-0.15, -0.1) is 0 Å². The summed E-state index contributed by atoms with van der Waals surface area (Å²) >= 11 is 0. The summed E-state index contributed by atoms with van der Waals surface area (Å²) < 4.78 is 76.3. The average molecular weight is 489 g/mol. The van der Waals surface area contributed by atoms with Crippen LogP contribution in [0.15, 0.2) is 29.0 Å². The summed E-state index contributed by atoms with van der Waals surface area (Å²) in [5.74, 6) is -4.52. The van der Waals surface area contributed by atoms with Crippen LogP contribution in [0, 0.1) is 0 Å². The first-order chi connectivity index (χ1) is 15.2. The summed E-state index contributed by atoms with van der Waals surface area (Å²) in [5, 5.41) is 18.6. The van der Waals surface area contributed by atoms with Gasteiger partial charge in [-0.1, -0.05) is 0 Å². The van der Waals surface area contributed by atoms with Gasteiger partial charge in [0.15, 0.2) is 0 Å². The van der Waals surface area contributed by atoms with Gasteiger partial charge in [-0.3, -0.25) is 9.58 Å². The van der Waals surface area contributed by atoms with Crippen LogP contribution in [0.1, 0.15) is 23.1 Å². The number of aliphatic carboxylic acids is 2. The maximum Gasteiger partial charge on any atom is 0.490 e. The highest BCUT2D eigenvalue weighted by atomic mass is 19.4. The molecule has 2 aromatic rings. The fourth-order valence-electron chi connectivity index (χ4n) is 2.84. The first-order valence-corrected chi connectivity index (χ1v) is 9.04. The highest BCUT2D eigenvalue weighted by Crippen LogP contribution is 2.30. The molecule has 15 heteroatoms. The van der Waals surface area contributed by atoms with Crippen LogP contribution in [0.25, 0.3) is 0 Å². The first kappa shape index (κ1) is 28.0. The Morgan fingerprint density at radius 1 is 1.18 bits per heavy atom. The number of aromatic nitrogens is 2. The topological polar surface area (TPSA) is 118 Å². The Balaban J connectivity index is 0.000000324. The number of fused-ring (bicyclic) bond motifs is 1. The Morgan fingerprint density at radius 3 is 2.15 bits per heavy atom. The van der Waals surface area contributed by atoms with Gasteiger partial charge in [0.25, 0.3) is 0 Å². The van der Waals surface area contributed by atoms with Crippen molar-refractivity contribution >= 4 is 11.9 Å². The smallest absolute Gasteiger partial charge is 0.475 e. The SMILES string of the molecule is COCC1c2c(cnn2C)CCN1Cc1ccco1.O=C(O)C(F)(F)F.O=C(O)C(F)(F)F. The van der Waals surface area contributed by atoms with Crippen molar-refractivity contribution in [3.63, 3.8) is 0 Å². The van der Waals surface area contributed by atoms with Gasteiger partial charge in [0.2, 0.25) is 0 Å². The summed E-state index contributed by atoms with van der Waals surface area (Å²) in [6, 6.07) is 4.19. The van der Waals surface area contributed by atoms with E-state index in [1.165, 1.54) is 11.3 Å². The standard InChI is InChI=1S/C14H19N3O2.2C2HF3O2/c1-16-14-11(8-15-16)5-6-17(13(14)10-18-2)9-12-4-3-7-19-12;2*3-2(4,5)1(6)7/h3-4,7-8,13H,5-6,9-10H2,1-2H3;2*(H,6,7). The van der Waals surface area contributed by atoms with Crippen LogP contribution in [0.5, 0.6) is 0 Å². The van der Waals surface area contributed by atoms with Crippen LogP contribution in [0.2, 0.25) is 0 Å². The maximum absolute atomic E-state index is 10.6. The molecule has 0 fully saturated rings. The number of furan rings is 1. The Bertz CT molecular complexity index is 871. The number of methoxy groups -OCH3 is 1. The third-order valence-electron chi connectivity index (χ3n) is 4.24. The third-order valence-corrected chi connectivity index (χ3v) is 4.24. The van der Waals surface area contributed by atoms with Gasteiger partial charge in [-0.05, 0) is 24.1 Å². The zero-order valence-corrected chi connectivity index (χ0v) is 17.4. The largest absolute Gasteiger partial charge is 0.490 e. The van der Waals surface area contributed by atoms with E-state index in [0.29, 0.717) is 6.61 Å². The molecule has 0 radical (unpaired) electrons. The second-order valence-corrected chi connectivity index (χ2v) is 6.56. The van der Waals surface area contributed by atoms with Gasteiger partial charge in [0.05, 0.1) is 37.3 Å². The number of nitrogens with zero attached hydrogens (tertiary/aromatic N) is 3. The molecule has 1 aliphatic heterocycles. The molecular weight excluding hydrogens is 468 g/mol. The van der Waals surface area contributed by atoms with Crippen molar-refractivity contribution in [3.8, 4) is 0 Å². The fourth-order valence-corrected chi connectivity index (χ4v) is 2.84. The lowest BCUT2D eigenvalue weighted by Gasteiger charge is -2.35. The molecule has 1 aliphatic rings. The van der Waals surface area contributed by atoms with Crippen molar-refractivity contribution in [1.82, 2.24) is 14.7 Å². The minimum Gasteiger partial charge on any atom is -0.475 e. The maximum atomic E-state index is 10.6. The van der Waals surface area contributed by atoms with Crippen molar-refractivity contribution in [2.45, 2.75) is 31.4 Å². The number of halogens is 6. The molecule has 3 heterocycles. The van der Waals surface area contributed by atoms with E-state index < -0.39 is 24.3 Å². The number of aryl methyl sites for hydroxylation is 1. The van der Waals surface area contributed by atoms with Crippen molar-refractivity contribution in [1.29, 1.82) is 0 Å².